The summed E-state index contributed by atoms with van der Waals surface area (Å²) in [6, 6.07) is 0. The zero-order chi connectivity index (χ0) is 13.3. The van der Waals surface area contributed by atoms with Gasteiger partial charge in [-0.05, 0) is 26.2 Å². The second-order valence-electron chi connectivity index (χ2n) is 5.34. The smallest absolute Gasteiger partial charge is 0.318 e. The van der Waals surface area contributed by atoms with Crippen LogP contribution in [0.3, 0.4) is 0 Å². The number of ether oxygens (including phenoxy) is 1. The summed E-state index contributed by atoms with van der Waals surface area (Å²) >= 11 is 0. The van der Waals surface area contributed by atoms with Gasteiger partial charge in [0.2, 0.25) is 0 Å². The lowest BCUT2D eigenvalue weighted by molar-refractivity contribution is -0.175. The Bertz CT molecular complexity index is 358. The van der Waals surface area contributed by atoms with Crippen LogP contribution in [0.25, 0.3) is 0 Å². The number of carboxylic acids is 1. The van der Waals surface area contributed by atoms with Crippen molar-refractivity contribution < 1.29 is 24.2 Å². The highest BCUT2D eigenvalue weighted by Crippen LogP contribution is 2.39. The number of Topliss-reactive ketones (excluding diaryl/α,β-unsaturated/α-hetero) is 1. The number of hydrogen-bond acceptors (Lipinski definition) is 4. The third-order valence-corrected chi connectivity index (χ3v) is 3.19. The van der Waals surface area contributed by atoms with Crippen LogP contribution in [0.2, 0.25) is 0 Å². The van der Waals surface area contributed by atoms with Crippen molar-refractivity contribution >= 4 is 17.7 Å². The summed E-state index contributed by atoms with van der Waals surface area (Å²) in [6.07, 6.45) is 1.30. The van der Waals surface area contributed by atoms with Crippen LogP contribution >= 0.6 is 0 Å². The molecule has 1 N–H and O–H groups in total. The number of esters is 1. The Balaban J connectivity index is 2.77. The van der Waals surface area contributed by atoms with Crippen LogP contribution in [-0.2, 0) is 19.1 Å². The van der Waals surface area contributed by atoms with Gasteiger partial charge in [-0.25, -0.2) is 0 Å². The number of carbonyl (C=O) groups excluding carboxylic acids is 2. The van der Waals surface area contributed by atoms with Crippen LogP contribution in [0, 0.1) is 5.41 Å². The zero-order valence-electron chi connectivity index (χ0n) is 10.4. The van der Waals surface area contributed by atoms with Gasteiger partial charge < -0.3 is 9.84 Å². The number of hydrogen-bond donors (Lipinski definition) is 1. The maximum Gasteiger partial charge on any atom is 0.318 e. The van der Waals surface area contributed by atoms with Gasteiger partial charge in [0.1, 0.15) is 6.42 Å². The lowest BCUT2D eigenvalue weighted by atomic mass is 9.69. The predicted octanol–water partition coefficient (Wildman–Crippen LogP) is 1.54. The summed E-state index contributed by atoms with van der Waals surface area (Å²) in [7, 11) is 0. The first kappa shape index (κ1) is 13.7. The van der Waals surface area contributed by atoms with Gasteiger partial charge in [-0.15, -0.1) is 0 Å². The molecule has 5 nitrogen and oxygen atoms in total. The van der Waals surface area contributed by atoms with E-state index in [2.05, 4.69) is 0 Å². The van der Waals surface area contributed by atoms with Gasteiger partial charge in [0, 0.05) is 5.41 Å². The number of aliphatic carboxylic acids is 1. The van der Waals surface area contributed by atoms with Gasteiger partial charge in [0.05, 0.1) is 0 Å². The highest BCUT2D eigenvalue weighted by atomic mass is 16.6. The van der Waals surface area contributed by atoms with E-state index < -0.39 is 29.4 Å². The molecule has 1 unspecified atom stereocenters. The minimum Gasteiger partial charge on any atom is -0.481 e. The SMILES string of the molecule is CC1(C)CCCC(C)(OC(=O)CC(=O)O)C1=O. The van der Waals surface area contributed by atoms with E-state index in [1.807, 2.05) is 13.8 Å². The van der Waals surface area contributed by atoms with Gasteiger partial charge >= 0.3 is 11.9 Å². The third kappa shape index (κ3) is 3.05. The fraction of sp³-hybridized carbons (Fsp3) is 0.750. The fourth-order valence-electron chi connectivity index (χ4n) is 2.32. The minimum absolute atomic E-state index is 0.130. The number of ketones is 1. The average Bonchev–Trinajstić information content (AvgIpc) is 2.12. The summed E-state index contributed by atoms with van der Waals surface area (Å²) < 4.78 is 5.07. The Morgan fingerprint density at radius 2 is 1.88 bits per heavy atom. The lowest BCUT2D eigenvalue weighted by Crippen LogP contribution is -2.50. The van der Waals surface area contributed by atoms with Crippen molar-refractivity contribution in [3.05, 3.63) is 0 Å². The summed E-state index contributed by atoms with van der Waals surface area (Å²) in [4.78, 5) is 33.9. The van der Waals surface area contributed by atoms with Crippen molar-refractivity contribution in [3.63, 3.8) is 0 Å². The topological polar surface area (TPSA) is 80.7 Å². The van der Waals surface area contributed by atoms with Crippen LogP contribution in [0.4, 0.5) is 0 Å². The van der Waals surface area contributed by atoms with Crippen LogP contribution in [-0.4, -0.2) is 28.4 Å². The summed E-state index contributed by atoms with van der Waals surface area (Å²) in [5.41, 5.74) is -1.69. The zero-order valence-corrected chi connectivity index (χ0v) is 10.4. The Morgan fingerprint density at radius 1 is 1.29 bits per heavy atom. The van der Waals surface area contributed by atoms with Crippen molar-refractivity contribution in [3.8, 4) is 0 Å². The molecule has 0 aromatic carbocycles. The number of carbonyl (C=O) groups is 3. The number of carboxylic acid groups (broad SMARTS) is 1. The maximum absolute atomic E-state index is 12.2. The van der Waals surface area contributed by atoms with E-state index in [4.69, 9.17) is 9.84 Å². The average molecular weight is 242 g/mol. The molecule has 0 aromatic heterocycles. The molecule has 1 fully saturated rings. The quantitative estimate of drug-likeness (QED) is 0.599. The highest BCUT2D eigenvalue weighted by molar-refractivity contribution is 5.96. The summed E-state index contributed by atoms with van der Waals surface area (Å²) in [5, 5.41) is 8.48. The Kier molecular flexibility index (Phi) is 3.59. The van der Waals surface area contributed by atoms with Crippen LogP contribution in [0.15, 0.2) is 0 Å². The van der Waals surface area contributed by atoms with E-state index in [-0.39, 0.29) is 5.78 Å². The van der Waals surface area contributed by atoms with Crippen molar-refractivity contribution in [2.45, 2.75) is 52.1 Å². The molecule has 1 aliphatic carbocycles. The molecule has 0 aromatic rings. The van der Waals surface area contributed by atoms with E-state index in [1.54, 1.807) is 6.92 Å². The molecular weight excluding hydrogens is 224 g/mol. The molecule has 0 bridgehead atoms. The lowest BCUT2D eigenvalue weighted by Gasteiger charge is -2.40. The molecule has 1 atom stereocenters. The Hall–Kier alpha value is -1.39. The normalized spacial score (nSPS) is 27.6. The Morgan fingerprint density at radius 3 is 2.41 bits per heavy atom. The van der Waals surface area contributed by atoms with E-state index in [0.29, 0.717) is 6.42 Å². The molecule has 1 saturated carbocycles. The van der Waals surface area contributed by atoms with Crippen molar-refractivity contribution in [1.29, 1.82) is 0 Å². The van der Waals surface area contributed by atoms with E-state index in [9.17, 15) is 14.4 Å². The monoisotopic (exact) mass is 242 g/mol. The first-order chi connectivity index (χ1) is 7.67. The second kappa shape index (κ2) is 4.47. The van der Waals surface area contributed by atoms with Crippen molar-refractivity contribution in [2.75, 3.05) is 0 Å². The molecule has 96 valence electrons. The van der Waals surface area contributed by atoms with Gasteiger partial charge in [-0.2, -0.15) is 0 Å². The molecule has 1 rings (SSSR count). The van der Waals surface area contributed by atoms with Crippen molar-refractivity contribution in [2.24, 2.45) is 5.41 Å². The van der Waals surface area contributed by atoms with Gasteiger partial charge in [0.25, 0.3) is 0 Å². The maximum atomic E-state index is 12.2. The van der Waals surface area contributed by atoms with Gasteiger partial charge in [-0.1, -0.05) is 13.8 Å². The van der Waals surface area contributed by atoms with Crippen LogP contribution in [0.1, 0.15) is 46.5 Å². The first-order valence-corrected chi connectivity index (χ1v) is 5.66. The largest absolute Gasteiger partial charge is 0.481 e. The van der Waals surface area contributed by atoms with Gasteiger partial charge in [0.15, 0.2) is 11.4 Å². The molecule has 5 heteroatoms. The molecule has 0 amide bonds. The summed E-state index contributed by atoms with van der Waals surface area (Å²) in [5.74, 6) is -2.23. The second-order valence-corrected chi connectivity index (χ2v) is 5.34. The minimum atomic E-state index is -1.25. The number of rotatable bonds is 3. The first-order valence-electron chi connectivity index (χ1n) is 5.66. The molecular formula is C12H18O5. The predicted molar refractivity (Wildman–Crippen MR) is 59.4 cm³/mol. The fourth-order valence-corrected chi connectivity index (χ4v) is 2.32. The van der Waals surface area contributed by atoms with Crippen molar-refractivity contribution in [1.82, 2.24) is 0 Å². The molecule has 0 radical (unpaired) electrons. The molecule has 0 saturated heterocycles. The van der Waals surface area contributed by atoms with E-state index >= 15 is 0 Å². The van der Waals surface area contributed by atoms with Gasteiger partial charge in [-0.3, -0.25) is 14.4 Å². The molecule has 1 aliphatic rings. The highest BCUT2D eigenvalue weighted by Gasteiger charge is 2.48. The van der Waals surface area contributed by atoms with E-state index in [1.165, 1.54) is 0 Å². The molecule has 0 heterocycles. The van der Waals surface area contributed by atoms with Crippen LogP contribution < -0.4 is 0 Å². The molecule has 17 heavy (non-hydrogen) atoms. The molecule has 0 aliphatic heterocycles. The van der Waals surface area contributed by atoms with Crippen LogP contribution in [0.5, 0.6) is 0 Å². The molecule has 0 spiro atoms. The summed E-state index contributed by atoms with van der Waals surface area (Å²) in [6.45, 7) is 5.20. The Labute approximate surface area is 100 Å². The van der Waals surface area contributed by atoms with E-state index in [0.717, 1.165) is 12.8 Å². The third-order valence-electron chi connectivity index (χ3n) is 3.19. The standard InChI is InChI=1S/C12H18O5/c1-11(2)5-4-6-12(3,10(11)16)17-9(15)7-8(13)14/h4-7H2,1-3H3,(H,13,14).